The predicted octanol–water partition coefficient (Wildman–Crippen LogP) is 6.88. The lowest BCUT2D eigenvalue weighted by Crippen LogP contribution is -2.52. The van der Waals surface area contributed by atoms with Crippen molar-refractivity contribution in [2.24, 2.45) is 0 Å². The second-order valence-electron chi connectivity index (χ2n) is 14.6. The number of hydrogen-bond donors (Lipinski definition) is 2. The Hall–Kier alpha value is -4.47. The van der Waals surface area contributed by atoms with Crippen LogP contribution in [0.1, 0.15) is 87.7 Å². The van der Waals surface area contributed by atoms with E-state index in [1.54, 1.807) is 4.90 Å². The van der Waals surface area contributed by atoms with Gasteiger partial charge in [-0.2, -0.15) is 0 Å². The first-order chi connectivity index (χ1) is 24.7. The molecule has 3 heterocycles. The number of hydrogen-bond acceptors (Lipinski definition) is 6. The van der Waals surface area contributed by atoms with Gasteiger partial charge in [0.25, 0.3) is 5.91 Å². The van der Waals surface area contributed by atoms with Crippen LogP contribution in [0.15, 0.2) is 89.4 Å². The van der Waals surface area contributed by atoms with E-state index in [4.69, 9.17) is 0 Å². The summed E-state index contributed by atoms with van der Waals surface area (Å²) in [7, 11) is 2.18. The van der Waals surface area contributed by atoms with Crippen molar-refractivity contribution in [2.75, 3.05) is 25.0 Å². The largest absolute Gasteiger partial charge is 0.508 e. The number of halogens is 1. The smallest absolute Gasteiger partial charge is 0.255 e. The van der Waals surface area contributed by atoms with Crippen molar-refractivity contribution in [1.82, 2.24) is 15.1 Å². The molecule has 51 heavy (non-hydrogen) atoms. The van der Waals surface area contributed by atoms with Crippen LogP contribution in [0.3, 0.4) is 0 Å². The molecule has 8 nitrogen and oxygen atoms in total. The zero-order valence-corrected chi connectivity index (χ0v) is 30.4. The van der Waals surface area contributed by atoms with Gasteiger partial charge in [0.05, 0.1) is 0 Å². The number of amides is 3. The fourth-order valence-corrected chi connectivity index (χ4v) is 9.50. The summed E-state index contributed by atoms with van der Waals surface area (Å²) in [6.45, 7) is 3.07. The maximum absolute atomic E-state index is 13.3. The molecule has 2 N–H and O–H groups in total. The Bertz CT molecular complexity index is 1980. The van der Waals surface area contributed by atoms with E-state index >= 15 is 0 Å². The maximum Gasteiger partial charge on any atom is 0.255 e. The van der Waals surface area contributed by atoms with Gasteiger partial charge >= 0.3 is 0 Å². The van der Waals surface area contributed by atoms with Crippen molar-refractivity contribution in [3.8, 4) is 5.75 Å². The molecule has 2 fully saturated rings. The standard InChI is InChI=1S/C42H43BrN4O4/c1-45(24-29-10-15-35-36(40(29)43)25-47(42(35)51)37-17-18-38(49)44-41(37)50)30-19-21-46(22-20-30)31-11-7-27(8-12-31)39-33(26-5-3-2-4-6-26)14-9-28-23-32(48)13-16-34(28)39/h2-8,10-13,15-16,23,30,33,37,39,48H,9,14,17-22,24-25H2,1H3,(H,44,49,50)/t33-,37?,39+/m1/s1. The van der Waals surface area contributed by atoms with Crippen LogP contribution in [-0.2, 0) is 29.1 Å². The summed E-state index contributed by atoms with van der Waals surface area (Å²) in [5, 5.41) is 12.6. The van der Waals surface area contributed by atoms with Crippen LogP contribution in [0.4, 0.5) is 5.69 Å². The normalized spacial score (nSPS) is 22.3. The van der Waals surface area contributed by atoms with Crippen LogP contribution >= 0.6 is 15.9 Å². The first-order valence-corrected chi connectivity index (χ1v) is 18.9. The summed E-state index contributed by atoms with van der Waals surface area (Å²) >= 11 is 3.81. The fraction of sp³-hybridized carbons (Fsp3) is 0.357. The first-order valence-electron chi connectivity index (χ1n) is 18.1. The molecule has 0 bridgehead atoms. The lowest BCUT2D eigenvalue weighted by molar-refractivity contribution is -0.136. The van der Waals surface area contributed by atoms with Gasteiger partial charge in [0.1, 0.15) is 11.8 Å². The molecule has 262 valence electrons. The zero-order valence-electron chi connectivity index (χ0n) is 28.9. The van der Waals surface area contributed by atoms with Gasteiger partial charge in [0.15, 0.2) is 0 Å². The Morgan fingerprint density at radius 3 is 2.37 bits per heavy atom. The van der Waals surface area contributed by atoms with Crippen LogP contribution in [0.25, 0.3) is 0 Å². The number of phenolic OH excluding ortho intramolecular Hbond substituents is 1. The Morgan fingerprint density at radius 1 is 0.863 bits per heavy atom. The van der Waals surface area contributed by atoms with Crippen LogP contribution in [0.2, 0.25) is 0 Å². The summed E-state index contributed by atoms with van der Waals surface area (Å²) in [6.07, 6.45) is 4.73. The molecular formula is C42H43BrN4O4. The van der Waals surface area contributed by atoms with Crippen molar-refractivity contribution in [3.63, 3.8) is 0 Å². The van der Waals surface area contributed by atoms with E-state index in [0.29, 0.717) is 36.2 Å². The van der Waals surface area contributed by atoms with Gasteiger partial charge in [-0.1, -0.05) is 70.5 Å². The van der Waals surface area contributed by atoms with E-state index in [-0.39, 0.29) is 30.1 Å². The minimum atomic E-state index is -0.618. The summed E-state index contributed by atoms with van der Waals surface area (Å²) in [6, 6.07) is 29.7. The number of aromatic hydroxyl groups is 1. The molecule has 9 heteroatoms. The number of carbonyl (C=O) groups is 3. The van der Waals surface area contributed by atoms with E-state index < -0.39 is 6.04 Å². The Balaban J connectivity index is 0.917. The molecule has 4 aliphatic rings. The highest BCUT2D eigenvalue weighted by Crippen LogP contribution is 2.47. The Labute approximate surface area is 307 Å². The Morgan fingerprint density at radius 2 is 1.63 bits per heavy atom. The number of fused-ring (bicyclic) bond motifs is 2. The monoisotopic (exact) mass is 746 g/mol. The Kier molecular flexibility index (Phi) is 9.19. The zero-order chi connectivity index (χ0) is 35.2. The molecule has 8 rings (SSSR count). The maximum atomic E-state index is 13.3. The summed E-state index contributed by atoms with van der Waals surface area (Å²) in [4.78, 5) is 43.9. The number of phenols is 1. The number of rotatable bonds is 7. The highest BCUT2D eigenvalue weighted by molar-refractivity contribution is 9.10. The molecule has 4 aromatic rings. The fourth-order valence-electron chi connectivity index (χ4n) is 8.91. The van der Waals surface area contributed by atoms with Crippen LogP contribution in [-0.4, -0.2) is 64.8 Å². The van der Waals surface area contributed by atoms with Gasteiger partial charge in [0, 0.05) is 60.3 Å². The second kappa shape index (κ2) is 13.9. The summed E-state index contributed by atoms with van der Waals surface area (Å²) in [5.74, 6) is 0.139. The topological polar surface area (TPSA) is 93.2 Å². The number of carbonyl (C=O) groups excluding carboxylic acids is 3. The van der Waals surface area contributed by atoms with E-state index in [1.807, 2.05) is 24.3 Å². The molecule has 4 aromatic carbocycles. The van der Waals surface area contributed by atoms with Crippen molar-refractivity contribution in [1.29, 1.82) is 0 Å². The van der Waals surface area contributed by atoms with Crippen LogP contribution in [0, 0.1) is 0 Å². The summed E-state index contributed by atoms with van der Waals surface area (Å²) in [5.41, 5.74) is 9.17. The van der Waals surface area contributed by atoms with E-state index in [1.165, 1.54) is 27.9 Å². The van der Waals surface area contributed by atoms with E-state index in [2.05, 4.69) is 98.8 Å². The number of benzene rings is 4. The molecule has 0 aromatic heterocycles. The lowest BCUT2D eigenvalue weighted by atomic mass is 9.69. The van der Waals surface area contributed by atoms with Gasteiger partial charge in [0.2, 0.25) is 11.8 Å². The van der Waals surface area contributed by atoms with Gasteiger partial charge in [-0.3, -0.25) is 24.6 Å². The summed E-state index contributed by atoms with van der Waals surface area (Å²) < 4.78 is 0.930. The third-order valence-corrected chi connectivity index (χ3v) is 12.7. The molecule has 3 amide bonds. The van der Waals surface area contributed by atoms with E-state index in [9.17, 15) is 19.5 Å². The molecule has 1 unspecified atom stereocenters. The van der Waals surface area contributed by atoms with Crippen LogP contribution < -0.4 is 10.2 Å². The molecule has 1 aliphatic carbocycles. The molecular weight excluding hydrogens is 704 g/mol. The number of aryl methyl sites for hydroxylation is 1. The quantitative estimate of drug-likeness (QED) is 0.201. The van der Waals surface area contributed by atoms with E-state index in [0.717, 1.165) is 60.9 Å². The van der Waals surface area contributed by atoms with Crippen molar-refractivity contribution < 1.29 is 19.5 Å². The van der Waals surface area contributed by atoms with Crippen molar-refractivity contribution in [3.05, 3.63) is 128 Å². The van der Waals surface area contributed by atoms with Gasteiger partial charge in [-0.15, -0.1) is 0 Å². The van der Waals surface area contributed by atoms with Crippen molar-refractivity contribution in [2.45, 2.75) is 75.5 Å². The number of imide groups is 1. The van der Waals surface area contributed by atoms with Crippen molar-refractivity contribution >= 4 is 39.3 Å². The number of nitrogens with one attached hydrogen (secondary N) is 1. The number of anilines is 1. The first kappa shape index (κ1) is 33.7. The highest BCUT2D eigenvalue weighted by atomic mass is 79.9. The molecule has 0 spiro atoms. The number of piperidine rings is 2. The van der Waals surface area contributed by atoms with Gasteiger partial charge < -0.3 is 14.9 Å². The third-order valence-electron chi connectivity index (χ3n) is 11.7. The minimum Gasteiger partial charge on any atom is -0.508 e. The second-order valence-corrected chi connectivity index (χ2v) is 15.4. The molecule has 3 aliphatic heterocycles. The van der Waals surface area contributed by atoms with Gasteiger partial charge in [-0.05, 0) is 109 Å². The average Bonchev–Trinajstić information content (AvgIpc) is 3.48. The molecule has 3 atom stereocenters. The average molecular weight is 748 g/mol. The van der Waals surface area contributed by atoms with Gasteiger partial charge in [-0.25, -0.2) is 0 Å². The lowest BCUT2D eigenvalue weighted by Gasteiger charge is -2.38. The van der Waals surface area contributed by atoms with Crippen LogP contribution in [0.5, 0.6) is 5.75 Å². The molecule has 2 saturated heterocycles. The molecule has 0 saturated carbocycles. The number of nitrogens with zero attached hydrogens (tertiary/aromatic N) is 3. The minimum absolute atomic E-state index is 0.152. The highest BCUT2D eigenvalue weighted by Gasteiger charge is 2.40. The SMILES string of the molecule is CN(Cc1ccc2c(c1Br)CN(C1CCC(=O)NC1=O)C2=O)C1CCN(c2ccc([C@@H]3c4ccc(O)cc4CC[C@@H]3c3ccccc3)cc2)CC1. The molecule has 0 radical (unpaired) electrons. The predicted molar refractivity (Wildman–Crippen MR) is 201 cm³/mol. The third kappa shape index (κ3) is 6.46.